The fraction of sp³-hybridized carbons (Fsp3) is 0.344. The van der Waals surface area contributed by atoms with E-state index in [-0.39, 0.29) is 40.0 Å². The number of ether oxygens (including phenoxy) is 1. The number of phenolic OH excluding ortho intramolecular Hbond substituents is 1. The van der Waals surface area contributed by atoms with E-state index in [2.05, 4.69) is 10.2 Å². The van der Waals surface area contributed by atoms with Gasteiger partial charge < -0.3 is 14.7 Å². The Morgan fingerprint density at radius 2 is 1.76 bits per heavy atom. The van der Waals surface area contributed by atoms with Gasteiger partial charge in [-0.1, -0.05) is 60.3 Å². The van der Waals surface area contributed by atoms with Crippen molar-refractivity contribution in [2.24, 2.45) is 0 Å². The predicted octanol–water partition coefficient (Wildman–Crippen LogP) is 4.87. The van der Waals surface area contributed by atoms with Gasteiger partial charge in [-0.2, -0.15) is 0 Å². The first-order valence-corrected chi connectivity index (χ1v) is 17.2. The van der Waals surface area contributed by atoms with Crippen LogP contribution >= 0.6 is 23.2 Å². The van der Waals surface area contributed by atoms with Gasteiger partial charge in [-0.05, 0) is 60.4 Å². The van der Waals surface area contributed by atoms with Gasteiger partial charge in [0.15, 0.2) is 0 Å². The first kappa shape index (κ1) is 33.7. The molecule has 3 aromatic rings. The molecule has 2 amide bonds. The third kappa shape index (κ3) is 7.16. The molecule has 1 aliphatic carbocycles. The summed E-state index contributed by atoms with van der Waals surface area (Å²) in [4.78, 5) is 47.7. The first-order valence-electron chi connectivity index (χ1n) is 14.5. The van der Waals surface area contributed by atoms with Crippen molar-refractivity contribution in [3.05, 3.63) is 98.5 Å². The summed E-state index contributed by atoms with van der Waals surface area (Å²) in [5.41, 5.74) is 4.03. The first-order chi connectivity index (χ1) is 21.9. The van der Waals surface area contributed by atoms with Gasteiger partial charge in [-0.15, -0.1) is 0 Å². The second kappa shape index (κ2) is 14.0. The second-order valence-corrected chi connectivity index (χ2v) is 14.0. The van der Waals surface area contributed by atoms with Crippen LogP contribution in [0, 0.1) is 0 Å². The summed E-state index contributed by atoms with van der Waals surface area (Å²) in [7, 11) is -2.40. The van der Waals surface area contributed by atoms with Crippen LogP contribution in [-0.4, -0.2) is 61.7 Å². The van der Waals surface area contributed by atoms with Crippen molar-refractivity contribution in [3.63, 3.8) is 0 Å². The van der Waals surface area contributed by atoms with Crippen molar-refractivity contribution >= 4 is 51.0 Å². The number of amides is 2. The number of esters is 1. The summed E-state index contributed by atoms with van der Waals surface area (Å²) < 4.78 is 32.2. The number of nitrogens with zero attached hydrogens (tertiary/aromatic N) is 1. The number of sulfonamides is 1. The summed E-state index contributed by atoms with van der Waals surface area (Å²) in [6, 6.07) is 13.4. The molecule has 11 nitrogen and oxygen atoms in total. The van der Waals surface area contributed by atoms with Crippen LogP contribution in [0.3, 0.4) is 0 Å². The van der Waals surface area contributed by atoms with E-state index in [1.54, 1.807) is 41.3 Å². The van der Waals surface area contributed by atoms with Crippen LogP contribution in [0.1, 0.15) is 75.0 Å². The van der Waals surface area contributed by atoms with Crippen LogP contribution in [0.2, 0.25) is 10.0 Å². The molecule has 14 heteroatoms. The molecule has 1 aliphatic heterocycles. The van der Waals surface area contributed by atoms with E-state index in [1.165, 1.54) is 31.4 Å². The maximum absolute atomic E-state index is 14.4. The Bertz CT molecular complexity index is 1770. The van der Waals surface area contributed by atoms with E-state index in [0.717, 1.165) is 19.1 Å². The third-order valence-electron chi connectivity index (χ3n) is 8.29. The van der Waals surface area contributed by atoms with Crippen LogP contribution in [0.15, 0.2) is 60.7 Å². The van der Waals surface area contributed by atoms with E-state index in [1.807, 2.05) is 0 Å². The fourth-order valence-electron chi connectivity index (χ4n) is 6.32. The molecule has 0 radical (unpaired) electrons. The van der Waals surface area contributed by atoms with Gasteiger partial charge in [0.25, 0.3) is 11.8 Å². The minimum atomic E-state index is -3.63. The van der Waals surface area contributed by atoms with Crippen LogP contribution in [0.5, 0.6) is 5.75 Å². The molecule has 1 fully saturated rings. The number of hydrogen-bond acceptors (Lipinski definition) is 8. The summed E-state index contributed by atoms with van der Waals surface area (Å²) in [5, 5.41) is 10.9. The number of hydroxylamine groups is 1. The smallest absolute Gasteiger partial charge is 0.337 e. The van der Waals surface area contributed by atoms with Gasteiger partial charge in [0, 0.05) is 33.3 Å². The molecule has 3 aromatic carbocycles. The highest BCUT2D eigenvalue weighted by Gasteiger charge is 2.49. The lowest BCUT2D eigenvalue weighted by Crippen LogP contribution is -2.59. The number of phenols is 1. The van der Waals surface area contributed by atoms with Gasteiger partial charge in [-0.25, -0.2) is 23.4 Å². The number of methoxy groups -OCH3 is 1. The predicted molar refractivity (Wildman–Crippen MR) is 171 cm³/mol. The zero-order valence-electron chi connectivity index (χ0n) is 25.0. The molecule has 3 N–H and O–H groups in total. The number of aromatic hydroxyl groups is 1. The molecule has 1 saturated carbocycles. The molecule has 0 aromatic heterocycles. The lowest BCUT2D eigenvalue weighted by Gasteiger charge is -2.49. The molecule has 5 rings (SSSR count). The second-order valence-electron chi connectivity index (χ2n) is 11.3. The van der Waals surface area contributed by atoms with Crippen molar-refractivity contribution in [1.29, 1.82) is 0 Å². The normalized spacial score (nSPS) is 21.4. The number of carbonyl (C=O) groups is 3. The molecule has 2 aliphatic rings. The zero-order chi connectivity index (χ0) is 33.2. The van der Waals surface area contributed by atoms with E-state index in [0.29, 0.717) is 29.0 Å². The lowest BCUT2D eigenvalue weighted by atomic mass is 9.76. The Kier molecular flexibility index (Phi) is 10.2. The van der Waals surface area contributed by atoms with E-state index < -0.39 is 45.9 Å². The van der Waals surface area contributed by atoms with Crippen LogP contribution < -0.4 is 10.2 Å². The number of hydrogen-bond donors (Lipinski definition) is 3. The number of halogens is 2. The summed E-state index contributed by atoms with van der Waals surface area (Å²) >= 11 is 13.0. The average molecular weight is 691 g/mol. The van der Waals surface area contributed by atoms with E-state index >= 15 is 0 Å². The number of fused-ring (bicyclic) bond motifs is 1. The Morgan fingerprint density at radius 3 is 2.48 bits per heavy atom. The third-order valence-corrected chi connectivity index (χ3v) is 9.59. The Morgan fingerprint density at radius 1 is 1.02 bits per heavy atom. The molecule has 0 spiro atoms. The van der Waals surface area contributed by atoms with Crippen molar-refractivity contribution < 1.29 is 37.5 Å². The molecule has 244 valence electrons. The molecule has 4 atom stereocenters. The monoisotopic (exact) mass is 689 g/mol. The van der Waals surface area contributed by atoms with Crippen molar-refractivity contribution in [2.75, 3.05) is 13.4 Å². The lowest BCUT2D eigenvalue weighted by molar-refractivity contribution is -0.138. The van der Waals surface area contributed by atoms with Crippen LogP contribution in [0.25, 0.3) is 0 Å². The van der Waals surface area contributed by atoms with Gasteiger partial charge in [0.05, 0.1) is 30.9 Å². The number of nitrogens with one attached hydrogen (secondary N) is 2. The number of benzene rings is 3. The molecule has 46 heavy (non-hydrogen) atoms. The Balaban J connectivity index is 1.56. The highest BCUT2D eigenvalue weighted by Crippen LogP contribution is 2.48. The maximum atomic E-state index is 14.4. The number of rotatable bonds is 9. The van der Waals surface area contributed by atoms with E-state index in [9.17, 15) is 27.9 Å². The highest BCUT2D eigenvalue weighted by atomic mass is 35.5. The minimum Gasteiger partial charge on any atom is -0.508 e. The van der Waals surface area contributed by atoms with Gasteiger partial charge >= 0.3 is 5.97 Å². The van der Waals surface area contributed by atoms with Crippen molar-refractivity contribution in [2.45, 2.75) is 56.3 Å². The Hall–Kier alpha value is -3.68. The molecular weight excluding hydrogens is 657 g/mol. The topological polar surface area (TPSA) is 151 Å². The molecular formula is C32H33Cl2N3O8S. The standard InChI is InChI=1S/C32H33Cl2N3O8S/c1-44-32(41)18-11-14-27(38)19(15-18)17-45-35-30(39)28-21-7-3-4-8-22(21)31(40)37(29(28)23-13-12-20(33)16-24(23)34)26-10-6-5-9-25(26)36-46(2,42)43/h3-4,7-8,11-16,25-26,28-29,36,38H,5-6,9-10,17H2,1-2H3,(H,35,39)/t25-,26-,28+,29-/m0/s1. The largest absolute Gasteiger partial charge is 0.508 e. The fourth-order valence-corrected chi connectivity index (χ4v) is 7.67. The van der Waals surface area contributed by atoms with Gasteiger partial charge in [0.1, 0.15) is 12.4 Å². The number of carbonyl (C=O) groups excluding carboxylic acids is 3. The average Bonchev–Trinajstić information content (AvgIpc) is 3.01. The van der Waals surface area contributed by atoms with Crippen molar-refractivity contribution in [3.8, 4) is 5.75 Å². The van der Waals surface area contributed by atoms with Crippen molar-refractivity contribution in [1.82, 2.24) is 15.1 Å². The van der Waals surface area contributed by atoms with Crippen LogP contribution in [0.4, 0.5) is 0 Å². The molecule has 0 bridgehead atoms. The van der Waals surface area contributed by atoms with Gasteiger partial charge in [0.2, 0.25) is 10.0 Å². The maximum Gasteiger partial charge on any atom is 0.337 e. The minimum absolute atomic E-state index is 0.158. The molecule has 1 heterocycles. The SMILES string of the molecule is COC(=O)c1ccc(O)c(CONC(=O)[C@@H]2c3ccccc3C(=O)N([C@H]3CCCC[C@@H]3NS(C)(=O)=O)[C@H]2c2ccc(Cl)cc2Cl)c1. The summed E-state index contributed by atoms with van der Waals surface area (Å²) in [6.45, 7) is -0.297. The Labute approximate surface area is 276 Å². The molecule has 0 unspecified atom stereocenters. The van der Waals surface area contributed by atoms with Crippen LogP contribution in [-0.2, 0) is 31.0 Å². The molecule has 0 saturated heterocycles. The summed E-state index contributed by atoms with van der Waals surface area (Å²) in [5.74, 6) is -2.80. The van der Waals surface area contributed by atoms with Gasteiger partial charge in [-0.3, -0.25) is 14.4 Å². The summed E-state index contributed by atoms with van der Waals surface area (Å²) in [6.07, 6.45) is 3.57. The highest BCUT2D eigenvalue weighted by molar-refractivity contribution is 7.88. The van der Waals surface area contributed by atoms with E-state index in [4.69, 9.17) is 32.8 Å². The zero-order valence-corrected chi connectivity index (χ0v) is 27.4. The quantitative estimate of drug-likeness (QED) is 0.213.